The van der Waals surface area contributed by atoms with Gasteiger partial charge in [-0.25, -0.2) is 0 Å². The average molecular weight is 422 g/mol. The fourth-order valence-electron chi connectivity index (χ4n) is 6.19. The van der Waals surface area contributed by atoms with Gasteiger partial charge in [-0.1, -0.05) is 6.07 Å². The van der Waals surface area contributed by atoms with Crippen molar-refractivity contribution in [3.63, 3.8) is 0 Å². The third kappa shape index (κ3) is 3.37. The van der Waals surface area contributed by atoms with Crippen LogP contribution in [0.3, 0.4) is 0 Å². The molecule has 6 heteroatoms. The second-order valence-corrected chi connectivity index (χ2v) is 9.95. The summed E-state index contributed by atoms with van der Waals surface area (Å²) in [6, 6.07) is 7.74. The lowest BCUT2D eigenvalue weighted by atomic mass is 9.55. The molecule has 6 nitrogen and oxygen atoms in total. The second-order valence-electron chi connectivity index (χ2n) is 9.95. The van der Waals surface area contributed by atoms with E-state index in [-0.39, 0.29) is 16.7 Å². The summed E-state index contributed by atoms with van der Waals surface area (Å²) in [5.74, 6) is 0.743. The van der Waals surface area contributed by atoms with E-state index in [1.165, 1.54) is 24.0 Å². The Hall–Kier alpha value is -2.60. The number of fused-ring (bicyclic) bond motifs is 2. The van der Waals surface area contributed by atoms with Crippen LogP contribution in [-0.4, -0.2) is 40.0 Å². The molecule has 4 N–H and O–H groups in total. The number of hydrogen-bond donors (Lipinski definition) is 3. The van der Waals surface area contributed by atoms with Gasteiger partial charge in [-0.05, 0) is 99.2 Å². The monoisotopic (exact) mass is 421 g/mol. The lowest BCUT2D eigenvalue weighted by Crippen LogP contribution is -2.59. The lowest BCUT2D eigenvalue weighted by molar-refractivity contribution is 0.0246. The van der Waals surface area contributed by atoms with E-state index < -0.39 is 11.5 Å². The Morgan fingerprint density at radius 1 is 1.32 bits per heavy atom. The standard InChI is InChI=1S/C25H31N3O3/c1-14-3-6-18(29)11-20(14)25-7-8-28(13-16-4-5-16)15(2)21(25)10-17-9-19(23(26)30)24(31)27-22(17)12-25/h3,6,9,11,15-16,21,29H,4-5,7-8,10,12-13H2,1-2H3,(H2,26,30)(H,27,31). The molecule has 1 aromatic carbocycles. The van der Waals surface area contributed by atoms with Gasteiger partial charge in [-0.15, -0.1) is 0 Å². The molecule has 3 atom stereocenters. The van der Waals surface area contributed by atoms with Crippen LogP contribution in [0.5, 0.6) is 5.75 Å². The summed E-state index contributed by atoms with van der Waals surface area (Å²) in [5.41, 5.74) is 9.19. The molecule has 2 aromatic rings. The maximum absolute atomic E-state index is 12.5. The van der Waals surface area contributed by atoms with E-state index in [4.69, 9.17) is 5.73 Å². The molecule has 3 unspecified atom stereocenters. The van der Waals surface area contributed by atoms with E-state index in [9.17, 15) is 14.7 Å². The number of nitrogens with one attached hydrogen (secondary N) is 1. The van der Waals surface area contributed by atoms with Gasteiger partial charge in [-0.2, -0.15) is 0 Å². The van der Waals surface area contributed by atoms with Crippen molar-refractivity contribution in [1.82, 2.24) is 9.88 Å². The molecular weight excluding hydrogens is 390 g/mol. The number of carbonyl (C=O) groups is 1. The number of amides is 1. The van der Waals surface area contributed by atoms with Crippen molar-refractivity contribution in [1.29, 1.82) is 0 Å². The predicted octanol–water partition coefficient (Wildman–Crippen LogP) is 2.64. The smallest absolute Gasteiger partial charge is 0.261 e. The Bertz CT molecular complexity index is 1100. The highest BCUT2D eigenvalue weighted by atomic mass is 16.3. The van der Waals surface area contributed by atoms with E-state index in [2.05, 4.69) is 23.7 Å². The molecule has 1 amide bonds. The number of piperidine rings is 1. The highest BCUT2D eigenvalue weighted by molar-refractivity contribution is 5.92. The number of nitrogens with zero attached hydrogens (tertiary/aromatic N) is 1. The van der Waals surface area contributed by atoms with Gasteiger partial charge in [0.05, 0.1) is 0 Å². The second kappa shape index (κ2) is 7.23. The molecule has 1 aliphatic heterocycles. The first kappa shape index (κ1) is 20.3. The molecule has 0 bridgehead atoms. The van der Waals surface area contributed by atoms with E-state index >= 15 is 0 Å². The van der Waals surface area contributed by atoms with Crippen LogP contribution >= 0.6 is 0 Å². The van der Waals surface area contributed by atoms with Gasteiger partial charge in [0.1, 0.15) is 11.3 Å². The third-order valence-corrected chi connectivity index (χ3v) is 8.07. The number of benzene rings is 1. The van der Waals surface area contributed by atoms with Gasteiger partial charge in [0.25, 0.3) is 11.5 Å². The minimum atomic E-state index is -0.684. The van der Waals surface area contributed by atoms with Crippen molar-refractivity contribution in [2.45, 2.75) is 57.4 Å². The fourth-order valence-corrected chi connectivity index (χ4v) is 6.19. The molecule has 1 aromatic heterocycles. The largest absolute Gasteiger partial charge is 0.508 e. The van der Waals surface area contributed by atoms with E-state index in [1.54, 1.807) is 12.1 Å². The Morgan fingerprint density at radius 3 is 2.81 bits per heavy atom. The Morgan fingerprint density at radius 2 is 2.10 bits per heavy atom. The number of rotatable bonds is 4. The van der Waals surface area contributed by atoms with E-state index in [0.29, 0.717) is 18.4 Å². The van der Waals surface area contributed by atoms with E-state index in [0.717, 1.165) is 43.1 Å². The molecule has 3 aliphatic rings. The quantitative estimate of drug-likeness (QED) is 0.707. The van der Waals surface area contributed by atoms with E-state index in [1.807, 2.05) is 12.1 Å². The minimum Gasteiger partial charge on any atom is -0.508 e. The minimum absolute atomic E-state index is 0.0399. The molecule has 5 rings (SSSR count). The first-order chi connectivity index (χ1) is 14.8. The first-order valence-corrected chi connectivity index (χ1v) is 11.4. The number of aromatic amines is 1. The molecule has 0 radical (unpaired) electrons. The number of pyridine rings is 1. The van der Waals surface area contributed by atoms with Crippen molar-refractivity contribution in [2.75, 3.05) is 13.1 Å². The fraction of sp³-hybridized carbons (Fsp3) is 0.520. The highest BCUT2D eigenvalue weighted by Gasteiger charge is 2.51. The molecule has 0 spiro atoms. The van der Waals surface area contributed by atoms with Gasteiger partial charge < -0.3 is 20.7 Å². The number of nitrogens with two attached hydrogens (primary N) is 1. The van der Waals surface area contributed by atoms with Crippen LogP contribution in [-0.2, 0) is 18.3 Å². The third-order valence-electron chi connectivity index (χ3n) is 8.07. The van der Waals surface area contributed by atoms with Gasteiger partial charge in [-0.3, -0.25) is 9.59 Å². The molecule has 164 valence electrons. The summed E-state index contributed by atoms with van der Waals surface area (Å²) < 4.78 is 0. The zero-order valence-corrected chi connectivity index (χ0v) is 18.3. The topological polar surface area (TPSA) is 99.4 Å². The van der Waals surface area contributed by atoms with Crippen LogP contribution < -0.4 is 11.3 Å². The van der Waals surface area contributed by atoms with Crippen molar-refractivity contribution < 1.29 is 9.90 Å². The summed E-state index contributed by atoms with van der Waals surface area (Å²) in [5, 5.41) is 10.3. The number of carbonyl (C=O) groups excluding carboxylic acids is 1. The zero-order chi connectivity index (χ0) is 21.9. The molecule has 2 heterocycles. The van der Waals surface area contributed by atoms with Crippen LogP contribution in [0.25, 0.3) is 0 Å². The summed E-state index contributed by atoms with van der Waals surface area (Å²) >= 11 is 0. The Kier molecular flexibility index (Phi) is 4.74. The number of phenols is 1. The van der Waals surface area contributed by atoms with Crippen LogP contribution in [0.4, 0.5) is 0 Å². The lowest BCUT2D eigenvalue weighted by Gasteiger charge is -2.55. The number of hydrogen-bond acceptors (Lipinski definition) is 4. The first-order valence-electron chi connectivity index (χ1n) is 11.4. The molecule has 2 fully saturated rings. The molecule has 2 aliphatic carbocycles. The summed E-state index contributed by atoms with van der Waals surface area (Å²) in [4.78, 5) is 29.9. The number of likely N-dealkylation sites (tertiary alicyclic amines) is 1. The molecule has 1 saturated heterocycles. The summed E-state index contributed by atoms with van der Waals surface area (Å²) in [7, 11) is 0. The predicted molar refractivity (Wildman–Crippen MR) is 119 cm³/mol. The summed E-state index contributed by atoms with van der Waals surface area (Å²) in [6.45, 7) is 6.60. The number of aromatic nitrogens is 1. The number of aryl methyl sites for hydroxylation is 1. The van der Waals surface area contributed by atoms with Crippen molar-refractivity contribution in [2.24, 2.45) is 17.6 Å². The van der Waals surface area contributed by atoms with Crippen LogP contribution in [0.1, 0.15) is 58.9 Å². The summed E-state index contributed by atoms with van der Waals surface area (Å²) in [6.07, 6.45) is 5.13. The van der Waals surface area contributed by atoms with Gasteiger partial charge in [0, 0.05) is 23.7 Å². The Labute approximate surface area is 182 Å². The molecular formula is C25H31N3O3. The maximum atomic E-state index is 12.5. The highest BCUT2D eigenvalue weighted by Crippen LogP contribution is 2.51. The van der Waals surface area contributed by atoms with Gasteiger partial charge in [0.15, 0.2) is 0 Å². The molecule has 31 heavy (non-hydrogen) atoms. The SMILES string of the molecule is Cc1ccc(O)cc1C12CCN(CC3CC3)C(C)C1Cc1cc(C(N)=O)c(=O)[nH]c1C2. The maximum Gasteiger partial charge on any atom is 0.261 e. The van der Waals surface area contributed by atoms with Crippen molar-refractivity contribution in [3.05, 3.63) is 62.6 Å². The Balaban J connectivity index is 1.63. The van der Waals surface area contributed by atoms with Gasteiger partial charge >= 0.3 is 0 Å². The number of phenolic OH excluding ortho intramolecular Hbond substituents is 1. The normalized spacial score (nSPS) is 28.1. The van der Waals surface area contributed by atoms with Gasteiger partial charge in [0.2, 0.25) is 0 Å². The van der Waals surface area contributed by atoms with Crippen molar-refractivity contribution in [3.8, 4) is 5.75 Å². The van der Waals surface area contributed by atoms with Crippen LogP contribution in [0.2, 0.25) is 0 Å². The van der Waals surface area contributed by atoms with Crippen LogP contribution in [0, 0.1) is 18.8 Å². The average Bonchev–Trinajstić information content (AvgIpc) is 3.54. The van der Waals surface area contributed by atoms with Crippen LogP contribution in [0.15, 0.2) is 29.1 Å². The van der Waals surface area contributed by atoms with Crippen molar-refractivity contribution >= 4 is 5.91 Å². The number of primary amides is 1. The zero-order valence-electron chi connectivity index (χ0n) is 18.3. The number of H-pyrrole nitrogens is 1. The number of aromatic hydroxyl groups is 1. The molecule has 1 saturated carbocycles.